The Kier molecular flexibility index (Phi) is 4.28. The molecule has 0 aromatic carbocycles. The van der Waals surface area contributed by atoms with Crippen molar-refractivity contribution < 1.29 is 4.79 Å². The Balaban J connectivity index is 3.07. The molecule has 1 unspecified atom stereocenters. The smallest absolute Gasteiger partial charge is 0.282 e. The second kappa shape index (κ2) is 5.31. The lowest BCUT2D eigenvalue weighted by Gasteiger charge is -2.20. The average Bonchev–Trinajstić information content (AvgIpc) is 2.24. The van der Waals surface area contributed by atoms with E-state index >= 15 is 0 Å². The van der Waals surface area contributed by atoms with E-state index in [4.69, 9.17) is 5.73 Å². The summed E-state index contributed by atoms with van der Waals surface area (Å²) >= 11 is 3.17. The lowest BCUT2D eigenvalue weighted by Crippen LogP contribution is -2.40. The Morgan fingerprint density at radius 2 is 2.18 bits per heavy atom. The van der Waals surface area contributed by atoms with Crippen LogP contribution >= 0.6 is 15.9 Å². The number of anilines is 1. The second-order valence-electron chi connectivity index (χ2n) is 4.07. The van der Waals surface area contributed by atoms with E-state index < -0.39 is 11.9 Å². The molecule has 0 aliphatic heterocycles. The fourth-order valence-corrected chi connectivity index (χ4v) is 1.82. The summed E-state index contributed by atoms with van der Waals surface area (Å²) in [6, 6.07) is -0.541. The molecule has 1 amide bonds. The highest BCUT2D eigenvalue weighted by Gasteiger charge is 2.21. The van der Waals surface area contributed by atoms with Crippen molar-refractivity contribution in [2.24, 2.45) is 18.7 Å². The van der Waals surface area contributed by atoms with Crippen molar-refractivity contribution >= 4 is 27.5 Å². The SMILES string of the molecule is CC(C)C(Nc1cnn(C)c(=O)c1Br)C(N)=O. The number of rotatable bonds is 4. The van der Waals surface area contributed by atoms with Crippen LogP contribution in [0.25, 0.3) is 0 Å². The third kappa shape index (κ3) is 3.06. The summed E-state index contributed by atoms with van der Waals surface area (Å²) < 4.78 is 1.53. The van der Waals surface area contributed by atoms with Gasteiger partial charge in [0.05, 0.1) is 11.9 Å². The van der Waals surface area contributed by atoms with E-state index in [1.54, 1.807) is 7.05 Å². The fraction of sp³-hybridized carbons (Fsp3) is 0.500. The van der Waals surface area contributed by atoms with Gasteiger partial charge in [0.15, 0.2) is 0 Å². The number of hydrogen-bond donors (Lipinski definition) is 2. The highest BCUT2D eigenvalue weighted by atomic mass is 79.9. The normalized spacial score (nSPS) is 12.5. The standard InChI is InChI=1S/C10H15BrN4O2/c1-5(2)8(9(12)16)14-6-4-13-15(3)10(17)7(6)11/h4-5,8,14H,1-3H3,(H2,12,16). The van der Waals surface area contributed by atoms with Crippen LogP contribution in [0.1, 0.15) is 13.8 Å². The van der Waals surface area contributed by atoms with Gasteiger partial charge in [0, 0.05) is 7.05 Å². The maximum absolute atomic E-state index is 11.6. The van der Waals surface area contributed by atoms with Crippen LogP contribution in [-0.2, 0) is 11.8 Å². The first kappa shape index (κ1) is 13.7. The average molecular weight is 303 g/mol. The predicted molar refractivity (Wildman–Crippen MR) is 68.6 cm³/mol. The first-order valence-corrected chi connectivity index (χ1v) is 5.91. The van der Waals surface area contributed by atoms with Crippen molar-refractivity contribution in [1.82, 2.24) is 9.78 Å². The minimum Gasteiger partial charge on any atom is -0.371 e. The van der Waals surface area contributed by atoms with Gasteiger partial charge in [-0.1, -0.05) is 13.8 Å². The molecule has 0 radical (unpaired) electrons. The van der Waals surface area contributed by atoms with Crippen molar-refractivity contribution in [3.8, 4) is 0 Å². The number of aryl methyl sites for hydroxylation is 1. The molecule has 0 fully saturated rings. The highest BCUT2D eigenvalue weighted by molar-refractivity contribution is 9.10. The summed E-state index contributed by atoms with van der Waals surface area (Å²) in [4.78, 5) is 22.9. The molecule has 0 aliphatic rings. The van der Waals surface area contributed by atoms with Crippen LogP contribution in [0, 0.1) is 5.92 Å². The van der Waals surface area contributed by atoms with Gasteiger partial charge in [-0.05, 0) is 21.8 Å². The van der Waals surface area contributed by atoms with Gasteiger partial charge < -0.3 is 11.1 Å². The van der Waals surface area contributed by atoms with Gasteiger partial charge in [0.1, 0.15) is 10.5 Å². The molecule has 1 atom stereocenters. The van der Waals surface area contributed by atoms with Gasteiger partial charge in [-0.3, -0.25) is 9.59 Å². The monoisotopic (exact) mass is 302 g/mol. The van der Waals surface area contributed by atoms with E-state index in [2.05, 4.69) is 26.3 Å². The zero-order chi connectivity index (χ0) is 13.2. The summed E-state index contributed by atoms with van der Waals surface area (Å²) in [5.74, 6) is -0.448. The number of amides is 1. The molecule has 94 valence electrons. The van der Waals surface area contributed by atoms with Crippen LogP contribution in [0.3, 0.4) is 0 Å². The molecule has 0 saturated heterocycles. The molecule has 1 aromatic heterocycles. The number of hydrogen-bond acceptors (Lipinski definition) is 4. The summed E-state index contributed by atoms with van der Waals surface area (Å²) in [5.41, 5.74) is 5.47. The van der Waals surface area contributed by atoms with E-state index in [0.717, 1.165) is 0 Å². The minimum absolute atomic E-state index is 0.0171. The van der Waals surface area contributed by atoms with E-state index in [1.807, 2.05) is 13.8 Å². The molecule has 3 N–H and O–H groups in total. The van der Waals surface area contributed by atoms with Gasteiger partial charge in [-0.15, -0.1) is 0 Å². The topological polar surface area (TPSA) is 90.0 Å². The lowest BCUT2D eigenvalue weighted by atomic mass is 10.0. The Morgan fingerprint density at radius 3 is 2.65 bits per heavy atom. The highest BCUT2D eigenvalue weighted by Crippen LogP contribution is 2.18. The van der Waals surface area contributed by atoms with Crippen LogP contribution < -0.4 is 16.6 Å². The van der Waals surface area contributed by atoms with Crippen LogP contribution in [0.4, 0.5) is 5.69 Å². The van der Waals surface area contributed by atoms with Gasteiger partial charge in [-0.25, -0.2) is 4.68 Å². The molecule has 17 heavy (non-hydrogen) atoms. The molecule has 6 nitrogen and oxygen atoms in total. The Bertz CT molecular complexity index is 484. The molecule has 1 aromatic rings. The number of carbonyl (C=O) groups is 1. The number of nitrogens with two attached hydrogens (primary N) is 1. The summed E-state index contributed by atoms with van der Waals surface area (Å²) in [5, 5.41) is 6.79. The maximum atomic E-state index is 11.6. The Morgan fingerprint density at radius 1 is 1.59 bits per heavy atom. The van der Waals surface area contributed by atoms with Crippen LogP contribution in [0.5, 0.6) is 0 Å². The van der Waals surface area contributed by atoms with Crippen LogP contribution in [-0.4, -0.2) is 21.7 Å². The molecule has 0 bridgehead atoms. The van der Waals surface area contributed by atoms with Gasteiger partial charge >= 0.3 is 0 Å². The van der Waals surface area contributed by atoms with Gasteiger partial charge in [0.25, 0.3) is 5.56 Å². The summed E-state index contributed by atoms with van der Waals surface area (Å²) in [6.07, 6.45) is 1.48. The third-order valence-corrected chi connectivity index (χ3v) is 3.13. The van der Waals surface area contributed by atoms with Crippen molar-refractivity contribution in [2.45, 2.75) is 19.9 Å². The van der Waals surface area contributed by atoms with Crippen molar-refractivity contribution in [3.05, 3.63) is 21.0 Å². The number of nitrogens with zero attached hydrogens (tertiary/aromatic N) is 2. The zero-order valence-electron chi connectivity index (χ0n) is 9.90. The molecular weight excluding hydrogens is 288 g/mol. The second-order valence-corrected chi connectivity index (χ2v) is 4.86. The first-order valence-electron chi connectivity index (χ1n) is 5.12. The number of halogens is 1. The van der Waals surface area contributed by atoms with Gasteiger partial charge in [-0.2, -0.15) is 5.10 Å². The van der Waals surface area contributed by atoms with E-state index in [1.165, 1.54) is 10.9 Å². The summed E-state index contributed by atoms with van der Waals surface area (Å²) in [6.45, 7) is 3.73. The molecule has 0 saturated carbocycles. The third-order valence-electron chi connectivity index (χ3n) is 2.36. The largest absolute Gasteiger partial charge is 0.371 e. The van der Waals surface area contributed by atoms with Crippen molar-refractivity contribution in [3.63, 3.8) is 0 Å². The molecule has 1 rings (SSSR count). The molecular formula is C10H15BrN4O2. The number of nitrogens with one attached hydrogen (secondary N) is 1. The molecule has 1 heterocycles. The molecule has 0 spiro atoms. The van der Waals surface area contributed by atoms with Gasteiger partial charge in [0.2, 0.25) is 5.91 Å². The quantitative estimate of drug-likeness (QED) is 0.846. The molecule has 0 aliphatic carbocycles. The van der Waals surface area contributed by atoms with Crippen molar-refractivity contribution in [2.75, 3.05) is 5.32 Å². The zero-order valence-corrected chi connectivity index (χ0v) is 11.5. The Labute approximate surface area is 107 Å². The van der Waals surface area contributed by atoms with E-state index in [9.17, 15) is 9.59 Å². The van der Waals surface area contributed by atoms with Crippen LogP contribution in [0.15, 0.2) is 15.5 Å². The number of carbonyl (C=O) groups excluding carboxylic acids is 1. The van der Waals surface area contributed by atoms with E-state index in [0.29, 0.717) is 10.2 Å². The maximum Gasteiger partial charge on any atom is 0.282 e. The minimum atomic E-state index is -0.541. The van der Waals surface area contributed by atoms with Crippen LogP contribution in [0.2, 0.25) is 0 Å². The van der Waals surface area contributed by atoms with Crippen molar-refractivity contribution in [1.29, 1.82) is 0 Å². The molecule has 7 heteroatoms. The summed E-state index contributed by atoms with van der Waals surface area (Å²) in [7, 11) is 1.55. The van der Waals surface area contributed by atoms with E-state index in [-0.39, 0.29) is 11.5 Å². The fourth-order valence-electron chi connectivity index (χ4n) is 1.35. The number of aromatic nitrogens is 2. The number of primary amides is 1. The first-order chi connectivity index (χ1) is 7.84. The Hall–Kier alpha value is -1.37. The predicted octanol–water partition coefficient (Wildman–Crippen LogP) is 0.465. The lowest BCUT2D eigenvalue weighted by molar-refractivity contribution is -0.119.